The third-order valence-electron chi connectivity index (χ3n) is 3.36. The Labute approximate surface area is 112 Å². The number of aryl methyl sites for hydroxylation is 2. The molecule has 0 unspecified atom stereocenters. The average molecular weight is 252 g/mol. The molecule has 3 aromatic rings. The third-order valence-corrected chi connectivity index (χ3v) is 3.36. The molecule has 3 rings (SSSR count). The van der Waals surface area contributed by atoms with E-state index >= 15 is 0 Å². The first-order chi connectivity index (χ1) is 9.19. The van der Waals surface area contributed by atoms with E-state index in [1.54, 1.807) is 7.11 Å². The molecular formula is C16H16N2O. The van der Waals surface area contributed by atoms with Gasteiger partial charge in [-0.2, -0.15) is 0 Å². The van der Waals surface area contributed by atoms with Crippen molar-refractivity contribution in [3.05, 3.63) is 48.0 Å². The van der Waals surface area contributed by atoms with Gasteiger partial charge in [-0.15, -0.1) is 0 Å². The summed E-state index contributed by atoms with van der Waals surface area (Å²) in [6.07, 6.45) is 0. The first-order valence-electron chi connectivity index (χ1n) is 6.26. The fraction of sp³-hybridized carbons (Fsp3) is 0.188. The summed E-state index contributed by atoms with van der Waals surface area (Å²) in [5, 5.41) is 0. The number of nitrogens with zero attached hydrogens (tertiary/aromatic N) is 2. The van der Waals surface area contributed by atoms with Gasteiger partial charge in [0.25, 0.3) is 0 Å². The van der Waals surface area contributed by atoms with Gasteiger partial charge < -0.3 is 9.30 Å². The SMILES string of the molecule is COc1ccc2c(c1)nc(-c1cccc(C)c1)n2C. The van der Waals surface area contributed by atoms with Gasteiger partial charge in [0.15, 0.2) is 0 Å². The van der Waals surface area contributed by atoms with Crippen LogP contribution < -0.4 is 4.74 Å². The summed E-state index contributed by atoms with van der Waals surface area (Å²) in [4.78, 5) is 4.72. The second-order valence-corrected chi connectivity index (χ2v) is 4.72. The Morgan fingerprint density at radius 3 is 2.68 bits per heavy atom. The predicted octanol–water partition coefficient (Wildman–Crippen LogP) is 3.56. The summed E-state index contributed by atoms with van der Waals surface area (Å²) in [7, 11) is 3.71. The molecule has 1 aromatic heterocycles. The van der Waals surface area contributed by atoms with E-state index in [0.717, 1.165) is 28.2 Å². The van der Waals surface area contributed by atoms with Gasteiger partial charge in [-0.05, 0) is 25.1 Å². The lowest BCUT2D eigenvalue weighted by Gasteiger charge is -2.03. The molecule has 0 saturated heterocycles. The fourth-order valence-electron chi connectivity index (χ4n) is 2.35. The lowest BCUT2D eigenvalue weighted by molar-refractivity contribution is 0.415. The first-order valence-corrected chi connectivity index (χ1v) is 6.26. The van der Waals surface area contributed by atoms with Crippen LogP contribution in [0.15, 0.2) is 42.5 Å². The quantitative estimate of drug-likeness (QED) is 0.697. The van der Waals surface area contributed by atoms with Crippen LogP contribution in [0.2, 0.25) is 0 Å². The van der Waals surface area contributed by atoms with Crippen molar-refractivity contribution in [1.82, 2.24) is 9.55 Å². The van der Waals surface area contributed by atoms with Gasteiger partial charge in [0.2, 0.25) is 0 Å². The number of rotatable bonds is 2. The zero-order chi connectivity index (χ0) is 13.4. The Bertz CT molecular complexity index is 744. The zero-order valence-corrected chi connectivity index (χ0v) is 11.3. The monoisotopic (exact) mass is 252 g/mol. The van der Waals surface area contributed by atoms with E-state index in [-0.39, 0.29) is 0 Å². The summed E-state index contributed by atoms with van der Waals surface area (Å²) in [6, 6.07) is 14.4. The van der Waals surface area contributed by atoms with Gasteiger partial charge in [0, 0.05) is 18.7 Å². The molecule has 0 aliphatic rings. The van der Waals surface area contributed by atoms with Gasteiger partial charge in [-0.1, -0.05) is 23.8 Å². The number of hydrogen-bond acceptors (Lipinski definition) is 2. The molecule has 0 N–H and O–H groups in total. The van der Waals surface area contributed by atoms with Crippen molar-refractivity contribution in [2.45, 2.75) is 6.92 Å². The van der Waals surface area contributed by atoms with Gasteiger partial charge >= 0.3 is 0 Å². The van der Waals surface area contributed by atoms with Gasteiger partial charge in [-0.25, -0.2) is 4.98 Å². The van der Waals surface area contributed by atoms with Crippen molar-refractivity contribution in [3.8, 4) is 17.1 Å². The van der Waals surface area contributed by atoms with Crippen molar-refractivity contribution < 1.29 is 4.74 Å². The zero-order valence-electron chi connectivity index (χ0n) is 11.3. The van der Waals surface area contributed by atoms with E-state index in [0.29, 0.717) is 0 Å². The minimum Gasteiger partial charge on any atom is -0.497 e. The van der Waals surface area contributed by atoms with E-state index in [2.05, 4.69) is 35.8 Å². The summed E-state index contributed by atoms with van der Waals surface area (Å²) < 4.78 is 7.36. The molecule has 0 aliphatic heterocycles. The molecule has 0 atom stereocenters. The highest BCUT2D eigenvalue weighted by molar-refractivity contribution is 5.81. The molecule has 0 aliphatic carbocycles. The van der Waals surface area contributed by atoms with Crippen LogP contribution in [0.3, 0.4) is 0 Å². The number of benzene rings is 2. The molecule has 0 saturated carbocycles. The molecule has 0 bridgehead atoms. The van der Waals surface area contributed by atoms with E-state index in [9.17, 15) is 0 Å². The maximum Gasteiger partial charge on any atom is 0.140 e. The Balaban J connectivity index is 2.22. The molecule has 0 radical (unpaired) electrons. The molecule has 19 heavy (non-hydrogen) atoms. The fourth-order valence-corrected chi connectivity index (χ4v) is 2.35. The largest absolute Gasteiger partial charge is 0.497 e. The van der Waals surface area contributed by atoms with Crippen LogP contribution >= 0.6 is 0 Å². The molecule has 2 aromatic carbocycles. The smallest absolute Gasteiger partial charge is 0.140 e. The molecule has 0 fully saturated rings. The third kappa shape index (κ3) is 1.97. The molecule has 96 valence electrons. The average Bonchev–Trinajstić information content (AvgIpc) is 2.75. The topological polar surface area (TPSA) is 27.1 Å². The standard InChI is InChI=1S/C16H16N2O/c1-11-5-4-6-12(9-11)16-17-14-10-13(19-3)7-8-15(14)18(16)2/h4-10H,1-3H3. The lowest BCUT2D eigenvalue weighted by Crippen LogP contribution is -1.92. The Kier molecular flexibility index (Phi) is 2.75. The highest BCUT2D eigenvalue weighted by atomic mass is 16.5. The molecule has 0 spiro atoms. The van der Waals surface area contributed by atoms with E-state index in [1.807, 2.05) is 25.2 Å². The Morgan fingerprint density at radius 1 is 1.11 bits per heavy atom. The summed E-state index contributed by atoms with van der Waals surface area (Å²) in [5.74, 6) is 1.81. The van der Waals surface area contributed by atoms with Crippen LogP contribution in [0, 0.1) is 6.92 Å². The highest BCUT2D eigenvalue weighted by Crippen LogP contribution is 2.26. The number of ether oxygens (including phenoxy) is 1. The Morgan fingerprint density at radius 2 is 1.95 bits per heavy atom. The normalized spacial score (nSPS) is 10.9. The van der Waals surface area contributed by atoms with E-state index in [1.165, 1.54) is 5.56 Å². The van der Waals surface area contributed by atoms with Crippen molar-refractivity contribution in [1.29, 1.82) is 0 Å². The van der Waals surface area contributed by atoms with Crippen LogP contribution in [0.1, 0.15) is 5.56 Å². The maximum absolute atomic E-state index is 5.25. The maximum atomic E-state index is 5.25. The van der Waals surface area contributed by atoms with Crippen LogP contribution in [-0.2, 0) is 7.05 Å². The minimum atomic E-state index is 0.835. The minimum absolute atomic E-state index is 0.835. The van der Waals surface area contributed by atoms with E-state index < -0.39 is 0 Å². The number of imidazole rings is 1. The molecular weight excluding hydrogens is 236 g/mol. The number of fused-ring (bicyclic) bond motifs is 1. The summed E-state index contributed by atoms with van der Waals surface area (Å²) in [5.41, 5.74) is 4.44. The Hall–Kier alpha value is -2.29. The molecule has 0 amide bonds. The predicted molar refractivity (Wildman–Crippen MR) is 77.4 cm³/mol. The molecule has 3 heteroatoms. The summed E-state index contributed by atoms with van der Waals surface area (Å²) in [6.45, 7) is 2.09. The van der Waals surface area contributed by atoms with Crippen molar-refractivity contribution >= 4 is 11.0 Å². The summed E-state index contributed by atoms with van der Waals surface area (Å²) >= 11 is 0. The number of aromatic nitrogens is 2. The second kappa shape index (κ2) is 4.43. The molecule has 1 heterocycles. The van der Waals surface area contributed by atoms with Crippen LogP contribution in [0.25, 0.3) is 22.4 Å². The van der Waals surface area contributed by atoms with E-state index in [4.69, 9.17) is 9.72 Å². The molecule has 3 nitrogen and oxygen atoms in total. The van der Waals surface area contributed by atoms with Gasteiger partial charge in [0.05, 0.1) is 18.1 Å². The van der Waals surface area contributed by atoms with Crippen molar-refractivity contribution in [2.75, 3.05) is 7.11 Å². The van der Waals surface area contributed by atoms with Gasteiger partial charge in [-0.3, -0.25) is 0 Å². The second-order valence-electron chi connectivity index (χ2n) is 4.72. The van der Waals surface area contributed by atoms with Crippen LogP contribution in [0.5, 0.6) is 5.75 Å². The van der Waals surface area contributed by atoms with Crippen molar-refractivity contribution in [2.24, 2.45) is 7.05 Å². The number of hydrogen-bond donors (Lipinski definition) is 0. The van der Waals surface area contributed by atoms with Crippen LogP contribution in [-0.4, -0.2) is 16.7 Å². The van der Waals surface area contributed by atoms with Crippen molar-refractivity contribution in [3.63, 3.8) is 0 Å². The highest BCUT2D eigenvalue weighted by Gasteiger charge is 2.10. The lowest BCUT2D eigenvalue weighted by atomic mass is 10.1. The first kappa shape index (κ1) is 11.8. The number of methoxy groups -OCH3 is 1. The van der Waals surface area contributed by atoms with Crippen LogP contribution in [0.4, 0.5) is 0 Å². The van der Waals surface area contributed by atoms with Gasteiger partial charge in [0.1, 0.15) is 11.6 Å².